The normalized spacial score (nSPS) is 10.3. The van der Waals surface area contributed by atoms with Crippen LogP contribution in [0.15, 0.2) is 60.8 Å². The summed E-state index contributed by atoms with van der Waals surface area (Å²) in [4.78, 5) is 20.7. The molecule has 126 valence electrons. The van der Waals surface area contributed by atoms with Gasteiger partial charge in [0.05, 0.1) is 10.7 Å². The molecule has 0 aliphatic rings. The molecule has 1 heterocycles. The Kier molecular flexibility index (Phi) is 5.48. The molecule has 0 aliphatic carbocycles. The van der Waals surface area contributed by atoms with Crippen LogP contribution in [0.4, 0.5) is 11.6 Å². The minimum Gasteiger partial charge on any atom is -0.350 e. The number of anilines is 2. The molecule has 0 saturated carbocycles. The fourth-order valence-electron chi connectivity index (χ4n) is 2.14. The van der Waals surface area contributed by atoms with Crippen molar-refractivity contribution in [2.75, 3.05) is 10.6 Å². The Labute approximate surface area is 155 Å². The molecule has 0 radical (unpaired) electrons. The Hall–Kier alpha value is -2.63. The number of halogens is 2. The zero-order chi connectivity index (χ0) is 17.6. The summed E-state index contributed by atoms with van der Waals surface area (Å²) in [5.74, 6) is -0.0250. The first kappa shape index (κ1) is 17.2. The summed E-state index contributed by atoms with van der Waals surface area (Å²) in [6.45, 7) is 0.454. The molecule has 3 aromatic rings. The van der Waals surface area contributed by atoms with Gasteiger partial charge in [-0.1, -0.05) is 53.5 Å². The summed E-state index contributed by atoms with van der Waals surface area (Å²) in [6, 6.07) is 16.0. The number of aromatic nitrogens is 2. The van der Waals surface area contributed by atoms with E-state index in [1.165, 1.54) is 12.3 Å². The monoisotopic (exact) mass is 372 g/mol. The number of nitrogens with one attached hydrogen (secondary N) is 2. The van der Waals surface area contributed by atoms with Gasteiger partial charge in [-0.25, -0.2) is 9.97 Å². The van der Waals surface area contributed by atoms with E-state index in [-0.39, 0.29) is 11.6 Å². The number of amides is 1. The third-order valence-electron chi connectivity index (χ3n) is 3.41. The Balaban J connectivity index is 1.70. The first-order chi connectivity index (χ1) is 12.1. The summed E-state index contributed by atoms with van der Waals surface area (Å²) < 4.78 is 0. The van der Waals surface area contributed by atoms with Gasteiger partial charge in [-0.2, -0.15) is 0 Å². The van der Waals surface area contributed by atoms with Crippen molar-refractivity contribution in [3.05, 3.63) is 82.1 Å². The summed E-state index contributed by atoms with van der Waals surface area (Å²) in [5.41, 5.74) is 1.67. The van der Waals surface area contributed by atoms with E-state index < -0.39 is 0 Å². The van der Waals surface area contributed by atoms with Crippen molar-refractivity contribution in [2.45, 2.75) is 6.54 Å². The van der Waals surface area contributed by atoms with Gasteiger partial charge in [-0.15, -0.1) is 0 Å². The summed E-state index contributed by atoms with van der Waals surface area (Å²) in [5, 5.41) is 6.90. The number of hydrogen-bond acceptors (Lipinski definition) is 4. The van der Waals surface area contributed by atoms with Crippen LogP contribution in [0.25, 0.3) is 0 Å². The highest BCUT2D eigenvalue weighted by atomic mass is 35.5. The van der Waals surface area contributed by atoms with Crippen LogP contribution in [-0.4, -0.2) is 15.9 Å². The molecule has 2 N–H and O–H groups in total. The van der Waals surface area contributed by atoms with Crippen LogP contribution in [-0.2, 0) is 6.54 Å². The zero-order valence-corrected chi connectivity index (χ0v) is 14.6. The van der Waals surface area contributed by atoms with Crippen molar-refractivity contribution in [3.8, 4) is 0 Å². The second kappa shape index (κ2) is 7.96. The van der Waals surface area contributed by atoms with Gasteiger partial charge in [0.25, 0.3) is 5.91 Å². The Morgan fingerprint density at radius 3 is 2.44 bits per heavy atom. The lowest BCUT2D eigenvalue weighted by Crippen LogP contribution is -2.15. The van der Waals surface area contributed by atoms with E-state index in [1.54, 1.807) is 24.3 Å². The predicted molar refractivity (Wildman–Crippen MR) is 100 cm³/mol. The molecule has 0 atom stereocenters. The summed E-state index contributed by atoms with van der Waals surface area (Å²) >= 11 is 12.2. The molecular formula is C18H14Cl2N4O. The van der Waals surface area contributed by atoms with Crippen LogP contribution < -0.4 is 10.6 Å². The number of hydrogen-bond donors (Lipinski definition) is 2. The second-order valence-corrected chi connectivity index (χ2v) is 5.96. The van der Waals surface area contributed by atoms with Gasteiger partial charge in [0.15, 0.2) is 0 Å². The maximum Gasteiger partial charge on any atom is 0.274 e. The lowest BCUT2D eigenvalue weighted by molar-refractivity contribution is 0.102. The Bertz CT molecular complexity index is 902. The van der Waals surface area contributed by atoms with E-state index in [4.69, 9.17) is 23.2 Å². The SMILES string of the molecule is O=C(Nc1ccccc1Cl)c1ccnc(NCc2ccccc2Cl)n1. The number of carbonyl (C=O) groups excluding carboxylic acids is 1. The molecule has 0 bridgehead atoms. The van der Waals surface area contributed by atoms with Crippen molar-refractivity contribution in [1.29, 1.82) is 0 Å². The van der Waals surface area contributed by atoms with Crippen LogP contribution in [0, 0.1) is 0 Å². The van der Waals surface area contributed by atoms with Crippen LogP contribution in [0.2, 0.25) is 10.0 Å². The number of benzene rings is 2. The lowest BCUT2D eigenvalue weighted by atomic mass is 10.2. The molecule has 0 fully saturated rings. The average molecular weight is 373 g/mol. The van der Waals surface area contributed by atoms with Crippen molar-refractivity contribution >= 4 is 40.7 Å². The summed E-state index contributed by atoms with van der Waals surface area (Å²) in [6.07, 6.45) is 1.52. The van der Waals surface area contributed by atoms with Crippen LogP contribution in [0.3, 0.4) is 0 Å². The zero-order valence-electron chi connectivity index (χ0n) is 13.0. The fourth-order valence-corrected chi connectivity index (χ4v) is 2.52. The topological polar surface area (TPSA) is 66.9 Å². The molecule has 3 rings (SSSR count). The maximum atomic E-state index is 12.3. The maximum absolute atomic E-state index is 12.3. The van der Waals surface area contributed by atoms with Gasteiger partial charge in [-0.05, 0) is 29.8 Å². The average Bonchev–Trinajstić information content (AvgIpc) is 2.63. The first-order valence-electron chi connectivity index (χ1n) is 7.49. The molecule has 0 aliphatic heterocycles. The largest absolute Gasteiger partial charge is 0.350 e. The first-order valence-corrected chi connectivity index (χ1v) is 8.25. The Morgan fingerprint density at radius 1 is 0.960 bits per heavy atom. The van der Waals surface area contributed by atoms with Gasteiger partial charge in [-0.3, -0.25) is 4.79 Å². The van der Waals surface area contributed by atoms with Crippen molar-refractivity contribution in [3.63, 3.8) is 0 Å². The van der Waals surface area contributed by atoms with Crippen molar-refractivity contribution in [1.82, 2.24) is 9.97 Å². The summed E-state index contributed by atoms with van der Waals surface area (Å²) in [7, 11) is 0. The molecule has 25 heavy (non-hydrogen) atoms. The van der Waals surface area contributed by atoms with Crippen molar-refractivity contribution in [2.24, 2.45) is 0 Å². The van der Waals surface area contributed by atoms with Crippen LogP contribution in [0.5, 0.6) is 0 Å². The van der Waals surface area contributed by atoms with Crippen LogP contribution >= 0.6 is 23.2 Å². The minimum atomic E-state index is -0.365. The highest BCUT2D eigenvalue weighted by Gasteiger charge is 2.11. The second-order valence-electron chi connectivity index (χ2n) is 5.14. The third-order valence-corrected chi connectivity index (χ3v) is 4.10. The van der Waals surface area contributed by atoms with E-state index >= 15 is 0 Å². The molecule has 1 aromatic heterocycles. The van der Waals surface area contributed by atoms with Gasteiger partial charge in [0, 0.05) is 17.8 Å². The molecule has 7 heteroatoms. The molecule has 1 amide bonds. The molecule has 0 spiro atoms. The quantitative estimate of drug-likeness (QED) is 0.683. The lowest BCUT2D eigenvalue weighted by Gasteiger charge is -2.09. The van der Waals surface area contributed by atoms with Crippen molar-refractivity contribution < 1.29 is 4.79 Å². The molecule has 0 unspecified atom stereocenters. The predicted octanol–water partition coefficient (Wildman–Crippen LogP) is 4.65. The van der Waals surface area contributed by atoms with E-state index in [9.17, 15) is 4.79 Å². The van der Waals surface area contributed by atoms with E-state index in [0.717, 1.165) is 5.56 Å². The van der Waals surface area contributed by atoms with Gasteiger partial charge in [0.2, 0.25) is 5.95 Å². The Morgan fingerprint density at radius 2 is 1.68 bits per heavy atom. The molecule has 2 aromatic carbocycles. The standard InChI is InChI=1S/C18H14Cl2N4O/c19-13-6-2-1-5-12(13)11-22-18-21-10-9-16(24-18)17(25)23-15-8-4-3-7-14(15)20/h1-10H,11H2,(H,23,25)(H,21,22,24). The van der Waals surface area contributed by atoms with E-state index in [2.05, 4.69) is 20.6 Å². The molecular weight excluding hydrogens is 359 g/mol. The highest BCUT2D eigenvalue weighted by Crippen LogP contribution is 2.21. The number of nitrogens with zero attached hydrogens (tertiary/aromatic N) is 2. The smallest absolute Gasteiger partial charge is 0.274 e. The third kappa shape index (κ3) is 4.47. The van der Waals surface area contributed by atoms with Gasteiger partial charge < -0.3 is 10.6 Å². The number of rotatable bonds is 5. The van der Waals surface area contributed by atoms with E-state index in [0.29, 0.717) is 28.2 Å². The molecule has 5 nitrogen and oxygen atoms in total. The van der Waals surface area contributed by atoms with E-state index in [1.807, 2.05) is 24.3 Å². The minimum absolute atomic E-state index is 0.233. The number of para-hydroxylation sites is 1. The van der Waals surface area contributed by atoms with Gasteiger partial charge >= 0.3 is 0 Å². The number of carbonyl (C=O) groups is 1. The van der Waals surface area contributed by atoms with Gasteiger partial charge in [0.1, 0.15) is 5.69 Å². The molecule has 0 saturated heterocycles. The highest BCUT2D eigenvalue weighted by molar-refractivity contribution is 6.33. The van der Waals surface area contributed by atoms with Crippen LogP contribution in [0.1, 0.15) is 16.1 Å². The fraction of sp³-hybridized carbons (Fsp3) is 0.0556.